The number of phosphoric ester groups is 1. The van der Waals surface area contributed by atoms with Gasteiger partial charge < -0.3 is 14.9 Å². The van der Waals surface area contributed by atoms with E-state index in [-0.39, 0.29) is 0 Å². The van der Waals surface area contributed by atoms with Crippen LogP contribution in [0.3, 0.4) is 0 Å². The molecular weight excluding hydrogens is 203 g/mol. The molecule has 0 heterocycles. The zero-order chi connectivity index (χ0) is 10.6. The van der Waals surface area contributed by atoms with Gasteiger partial charge in [-0.2, -0.15) is 0 Å². The maximum atomic E-state index is 10.4. The van der Waals surface area contributed by atoms with Crippen molar-refractivity contribution in [2.75, 3.05) is 0 Å². The summed E-state index contributed by atoms with van der Waals surface area (Å²) >= 11 is 0. The Kier molecular flexibility index (Phi) is 4.22. The van der Waals surface area contributed by atoms with Gasteiger partial charge in [0.15, 0.2) is 6.10 Å². The SMILES string of the molecule is CC(=O)CC(OP(=O)(O)O)C(=O)O. The predicted octanol–water partition coefficient (Wildman–Crippen LogP) is -0.472. The molecule has 1 unspecified atom stereocenters. The Hall–Kier alpha value is -0.750. The van der Waals surface area contributed by atoms with Gasteiger partial charge in [0.05, 0.1) is 0 Å². The molecule has 0 aliphatic heterocycles. The second-order valence-corrected chi connectivity index (χ2v) is 3.52. The molecule has 0 spiro atoms. The van der Waals surface area contributed by atoms with Crippen molar-refractivity contribution in [2.45, 2.75) is 19.4 Å². The molecule has 0 radical (unpaired) electrons. The molecule has 0 aliphatic carbocycles. The number of hydrogen-bond donors (Lipinski definition) is 3. The summed E-state index contributed by atoms with van der Waals surface area (Å²) in [6.07, 6.45) is -2.36. The molecule has 0 rings (SSSR count). The molecule has 0 aromatic rings. The Morgan fingerprint density at radius 1 is 1.46 bits per heavy atom. The van der Waals surface area contributed by atoms with Crippen molar-refractivity contribution in [3.8, 4) is 0 Å². The van der Waals surface area contributed by atoms with Gasteiger partial charge in [-0.15, -0.1) is 0 Å². The Morgan fingerprint density at radius 3 is 2.15 bits per heavy atom. The molecule has 76 valence electrons. The summed E-state index contributed by atoms with van der Waals surface area (Å²) < 4.78 is 14.1. The van der Waals surface area contributed by atoms with E-state index in [0.717, 1.165) is 6.92 Å². The quantitative estimate of drug-likeness (QED) is 0.526. The third kappa shape index (κ3) is 6.41. The minimum absolute atomic E-state index is 0.527. The Bertz CT molecular complexity index is 254. The number of phosphoric acid groups is 1. The van der Waals surface area contributed by atoms with Crippen molar-refractivity contribution in [3.63, 3.8) is 0 Å². The Labute approximate surface area is 73.6 Å². The molecule has 3 N–H and O–H groups in total. The van der Waals surface area contributed by atoms with Gasteiger partial charge in [-0.3, -0.25) is 9.32 Å². The summed E-state index contributed by atoms with van der Waals surface area (Å²) in [4.78, 5) is 37.3. The van der Waals surface area contributed by atoms with Crippen LogP contribution in [-0.4, -0.2) is 32.7 Å². The Balaban J connectivity index is 4.36. The predicted molar refractivity (Wildman–Crippen MR) is 39.9 cm³/mol. The van der Waals surface area contributed by atoms with Crippen LogP contribution < -0.4 is 0 Å². The molecule has 0 saturated heterocycles. The summed E-state index contributed by atoms with van der Waals surface area (Å²) in [6.45, 7) is 1.10. The number of hydrogen-bond acceptors (Lipinski definition) is 4. The zero-order valence-corrected chi connectivity index (χ0v) is 7.60. The number of carbonyl (C=O) groups is 2. The van der Waals surface area contributed by atoms with Crippen molar-refractivity contribution >= 4 is 19.6 Å². The summed E-state index contributed by atoms with van der Waals surface area (Å²) in [7, 11) is -4.86. The van der Waals surface area contributed by atoms with Crippen molar-refractivity contribution in [1.82, 2.24) is 0 Å². The number of carbonyl (C=O) groups excluding carboxylic acids is 1. The van der Waals surface area contributed by atoms with E-state index in [0.29, 0.717) is 0 Å². The highest BCUT2D eigenvalue weighted by Gasteiger charge is 2.28. The third-order valence-corrected chi connectivity index (χ3v) is 1.54. The lowest BCUT2D eigenvalue weighted by Gasteiger charge is -2.11. The number of Topliss-reactive ketones (excluding diaryl/α,β-unsaturated/α-hetero) is 1. The lowest BCUT2D eigenvalue weighted by atomic mass is 10.2. The van der Waals surface area contributed by atoms with E-state index in [1.165, 1.54) is 0 Å². The zero-order valence-electron chi connectivity index (χ0n) is 6.71. The first-order chi connectivity index (χ1) is 5.72. The van der Waals surface area contributed by atoms with E-state index in [1.54, 1.807) is 0 Å². The summed E-state index contributed by atoms with van der Waals surface area (Å²) in [5, 5.41) is 8.36. The molecule has 0 bridgehead atoms. The standard InChI is InChI=1S/C5H9O7P/c1-3(6)2-4(5(7)8)12-13(9,10)11/h4H,2H2,1H3,(H,7,8)(H2,9,10,11). The van der Waals surface area contributed by atoms with Crippen LogP contribution in [-0.2, 0) is 18.7 Å². The van der Waals surface area contributed by atoms with Crippen LogP contribution in [0.1, 0.15) is 13.3 Å². The number of carboxylic acid groups (broad SMARTS) is 1. The van der Waals surface area contributed by atoms with Gasteiger partial charge in [-0.05, 0) is 6.92 Å². The Morgan fingerprint density at radius 2 is 1.92 bits per heavy atom. The minimum Gasteiger partial charge on any atom is -0.479 e. The molecule has 0 aromatic heterocycles. The van der Waals surface area contributed by atoms with Gasteiger partial charge in [0, 0.05) is 6.42 Å². The highest BCUT2D eigenvalue weighted by molar-refractivity contribution is 7.46. The third-order valence-electron chi connectivity index (χ3n) is 1.01. The monoisotopic (exact) mass is 212 g/mol. The van der Waals surface area contributed by atoms with Crippen LogP contribution in [0.5, 0.6) is 0 Å². The lowest BCUT2D eigenvalue weighted by molar-refractivity contribution is -0.148. The van der Waals surface area contributed by atoms with Gasteiger partial charge in [0.25, 0.3) is 0 Å². The van der Waals surface area contributed by atoms with Crippen LogP contribution in [0.4, 0.5) is 0 Å². The fraction of sp³-hybridized carbons (Fsp3) is 0.600. The van der Waals surface area contributed by atoms with E-state index < -0.39 is 32.1 Å². The highest BCUT2D eigenvalue weighted by atomic mass is 31.2. The second kappa shape index (κ2) is 4.48. The van der Waals surface area contributed by atoms with Crippen molar-refractivity contribution < 1.29 is 33.6 Å². The van der Waals surface area contributed by atoms with E-state index in [4.69, 9.17) is 14.9 Å². The molecule has 0 amide bonds. The average molecular weight is 212 g/mol. The number of ketones is 1. The van der Waals surface area contributed by atoms with Gasteiger partial charge in [0.2, 0.25) is 0 Å². The molecule has 0 aromatic carbocycles. The fourth-order valence-corrected chi connectivity index (χ4v) is 1.09. The van der Waals surface area contributed by atoms with E-state index in [1.807, 2.05) is 0 Å². The van der Waals surface area contributed by atoms with Crippen LogP contribution in [0.2, 0.25) is 0 Å². The number of rotatable bonds is 5. The number of carboxylic acids is 1. The van der Waals surface area contributed by atoms with E-state index in [9.17, 15) is 14.2 Å². The van der Waals surface area contributed by atoms with Crippen LogP contribution in [0.25, 0.3) is 0 Å². The lowest BCUT2D eigenvalue weighted by Crippen LogP contribution is -2.25. The van der Waals surface area contributed by atoms with Gasteiger partial charge >= 0.3 is 13.8 Å². The van der Waals surface area contributed by atoms with Crippen LogP contribution >= 0.6 is 7.82 Å². The summed E-state index contributed by atoms with van der Waals surface area (Å²) in [5.41, 5.74) is 0. The molecule has 0 aliphatic rings. The summed E-state index contributed by atoms with van der Waals surface area (Å²) in [6, 6.07) is 0. The van der Waals surface area contributed by atoms with E-state index >= 15 is 0 Å². The highest BCUT2D eigenvalue weighted by Crippen LogP contribution is 2.38. The minimum atomic E-state index is -4.86. The molecule has 1 atom stereocenters. The molecule has 0 saturated carbocycles. The normalized spacial score (nSPS) is 13.8. The molecule has 0 fully saturated rings. The van der Waals surface area contributed by atoms with Crippen molar-refractivity contribution in [1.29, 1.82) is 0 Å². The molecular formula is C5H9O7P. The van der Waals surface area contributed by atoms with Gasteiger partial charge in [0.1, 0.15) is 5.78 Å². The summed E-state index contributed by atoms with van der Waals surface area (Å²) in [5.74, 6) is -2.11. The number of aliphatic carboxylic acids is 1. The van der Waals surface area contributed by atoms with E-state index in [2.05, 4.69) is 4.52 Å². The van der Waals surface area contributed by atoms with Crippen LogP contribution in [0, 0.1) is 0 Å². The smallest absolute Gasteiger partial charge is 0.470 e. The largest absolute Gasteiger partial charge is 0.479 e. The maximum absolute atomic E-state index is 10.4. The first-order valence-corrected chi connectivity index (χ1v) is 4.71. The van der Waals surface area contributed by atoms with Gasteiger partial charge in [-0.1, -0.05) is 0 Å². The average Bonchev–Trinajstić information content (AvgIpc) is 1.81. The first kappa shape index (κ1) is 12.2. The molecule has 8 heteroatoms. The molecule has 7 nitrogen and oxygen atoms in total. The first-order valence-electron chi connectivity index (χ1n) is 3.18. The maximum Gasteiger partial charge on any atom is 0.470 e. The van der Waals surface area contributed by atoms with Crippen molar-refractivity contribution in [2.24, 2.45) is 0 Å². The second-order valence-electron chi connectivity index (χ2n) is 2.33. The fourth-order valence-electron chi connectivity index (χ4n) is 0.597. The van der Waals surface area contributed by atoms with Gasteiger partial charge in [-0.25, -0.2) is 9.36 Å². The van der Waals surface area contributed by atoms with Crippen molar-refractivity contribution in [3.05, 3.63) is 0 Å². The van der Waals surface area contributed by atoms with Crippen LogP contribution in [0.15, 0.2) is 0 Å². The topological polar surface area (TPSA) is 121 Å². The molecule has 13 heavy (non-hydrogen) atoms.